The maximum absolute atomic E-state index is 12.8. The fourth-order valence-electron chi connectivity index (χ4n) is 4.38. The number of piperazine rings is 1. The van der Waals surface area contributed by atoms with E-state index in [1.165, 1.54) is 0 Å². The highest BCUT2D eigenvalue weighted by molar-refractivity contribution is 6.08. The molecule has 0 bridgehead atoms. The van der Waals surface area contributed by atoms with Gasteiger partial charge in [-0.15, -0.1) is 0 Å². The Balaban J connectivity index is 1.14. The third kappa shape index (κ3) is 4.03. The SMILES string of the molecule is Cc1c(C(=O)NCCCN2CCN(c3ncccn3)CC2)oc2c1ccc1ccccc12. The van der Waals surface area contributed by atoms with Gasteiger partial charge < -0.3 is 14.6 Å². The van der Waals surface area contributed by atoms with Crippen LogP contribution in [0.1, 0.15) is 22.5 Å². The van der Waals surface area contributed by atoms with Crippen LogP contribution in [0.15, 0.2) is 59.3 Å². The van der Waals surface area contributed by atoms with Crippen LogP contribution in [-0.2, 0) is 0 Å². The van der Waals surface area contributed by atoms with Crippen molar-refractivity contribution in [2.45, 2.75) is 13.3 Å². The third-order valence-corrected chi connectivity index (χ3v) is 6.18. The van der Waals surface area contributed by atoms with Crippen molar-refractivity contribution in [3.05, 3.63) is 66.2 Å². The number of nitrogens with zero attached hydrogens (tertiary/aromatic N) is 4. The molecule has 0 radical (unpaired) electrons. The zero-order valence-corrected chi connectivity index (χ0v) is 18.3. The van der Waals surface area contributed by atoms with Crippen molar-refractivity contribution >= 4 is 33.6 Å². The third-order valence-electron chi connectivity index (χ3n) is 6.18. The first-order valence-corrected chi connectivity index (χ1v) is 11.1. The predicted octanol–water partition coefficient (Wildman–Crippen LogP) is 3.63. The van der Waals surface area contributed by atoms with Crippen molar-refractivity contribution in [3.8, 4) is 0 Å². The van der Waals surface area contributed by atoms with Gasteiger partial charge in [-0.1, -0.05) is 36.4 Å². The number of aromatic nitrogens is 2. The van der Waals surface area contributed by atoms with E-state index in [1.807, 2.05) is 37.3 Å². The van der Waals surface area contributed by atoms with Gasteiger partial charge in [0.15, 0.2) is 5.76 Å². The molecule has 164 valence electrons. The molecule has 0 unspecified atom stereocenters. The molecule has 1 fully saturated rings. The summed E-state index contributed by atoms with van der Waals surface area (Å²) in [6.45, 7) is 7.31. The number of hydrogen-bond donors (Lipinski definition) is 1. The second kappa shape index (κ2) is 8.96. The molecule has 7 nitrogen and oxygen atoms in total. The number of nitrogens with one attached hydrogen (secondary N) is 1. The second-order valence-electron chi connectivity index (χ2n) is 8.21. The molecule has 2 aromatic heterocycles. The number of aryl methyl sites for hydroxylation is 1. The van der Waals surface area contributed by atoms with Crippen LogP contribution < -0.4 is 10.2 Å². The van der Waals surface area contributed by atoms with Crippen molar-refractivity contribution in [1.29, 1.82) is 0 Å². The van der Waals surface area contributed by atoms with Crippen LogP contribution in [-0.4, -0.2) is 60.0 Å². The number of rotatable bonds is 6. The van der Waals surface area contributed by atoms with Gasteiger partial charge in [-0.25, -0.2) is 9.97 Å². The smallest absolute Gasteiger partial charge is 0.287 e. The lowest BCUT2D eigenvalue weighted by molar-refractivity contribution is 0.0925. The Morgan fingerprint density at radius 3 is 2.59 bits per heavy atom. The average Bonchev–Trinajstić information content (AvgIpc) is 3.19. The zero-order chi connectivity index (χ0) is 21.9. The Bertz CT molecular complexity index is 1230. The van der Waals surface area contributed by atoms with Crippen LogP contribution in [0.2, 0.25) is 0 Å². The Morgan fingerprint density at radius 2 is 1.78 bits per heavy atom. The number of carbonyl (C=O) groups excluding carboxylic acids is 1. The minimum absolute atomic E-state index is 0.145. The summed E-state index contributed by atoms with van der Waals surface area (Å²) in [5.74, 6) is 1.06. The molecule has 3 heterocycles. The number of benzene rings is 2. The molecule has 7 heteroatoms. The maximum atomic E-state index is 12.8. The molecule has 0 spiro atoms. The molecular weight excluding hydrogens is 402 g/mol. The molecule has 0 aliphatic carbocycles. The van der Waals surface area contributed by atoms with Gasteiger partial charge in [-0.2, -0.15) is 0 Å². The molecule has 1 N–H and O–H groups in total. The van der Waals surface area contributed by atoms with Crippen LogP contribution in [0.3, 0.4) is 0 Å². The normalized spacial score (nSPS) is 14.8. The monoisotopic (exact) mass is 429 g/mol. The number of hydrogen-bond acceptors (Lipinski definition) is 6. The van der Waals surface area contributed by atoms with Gasteiger partial charge in [0.25, 0.3) is 5.91 Å². The summed E-state index contributed by atoms with van der Waals surface area (Å²) in [5, 5.41) is 6.17. The second-order valence-corrected chi connectivity index (χ2v) is 8.21. The van der Waals surface area contributed by atoms with E-state index in [2.05, 4.69) is 37.2 Å². The van der Waals surface area contributed by atoms with Gasteiger partial charge >= 0.3 is 0 Å². The van der Waals surface area contributed by atoms with Crippen LogP contribution in [0.5, 0.6) is 0 Å². The number of fused-ring (bicyclic) bond motifs is 3. The Morgan fingerprint density at radius 1 is 1.00 bits per heavy atom. The first-order valence-electron chi connectivity index (χ1n) is 11.1. The molecule has 0 atom stereocenters. The number of amides is 1. The Labute approximate surface area is 187 Å². The summed E-state index contributed by atoms with van der Waals surface area (Å²) in [6.07, 6.45) is 4.46. The molecule has 1 aliphatic rings. The van der Waals surface area contributed by atoms with Gasteiger partial charge in [-0.05, 0) is 31.3 Å². The van der Waals surface area contributed by atoms with Crippen LogP contribution in [0, 0.1) is 6.92 Å². The van der Waals surface area contributed by atoms with E-state index >= 15 is 0 Å². The van der Waals surface area contributed by atoms with E-state index in [9.17, 15) is 4.79 Å². The summed E-state index contributed by atoms with van der Waals surface area (Å²) >= 11 is 0. The minimum atomic E-state index is -0.145. The van der Waals surface area contributed by atoms with Crippen molar-refractivity contribution in [2.75, 3.05) is 44.2 Å². The molecule has 1 aliphatic heterocycles. The highest BCUT2D eigenvalue weighted by Crippen LogP contribution is 2.31. The average molecular weight is 430 g/mol. The quantitative estimate of drug-likeness (QED) is 0.472. The largest absolute Gasteiger partial charge is 0.450 e. The summed E-state index contributed by atoms with van der Waals surface area (Å²) < 4.78 is 6.03. The van der Waals surface area contributed by atoms with Crippen molar-refractivity contribution in [3.63, 3.8) is 0 Å². The fourth-order valence-corrected chi connectivity index (χ4v) is 4.38. The van der Waals surface area contributed by atoms with Crippen LogP contribution in [0.4, 0.5) is 5.95 Å². The molecule has 0 saturated carbocycles. The van der Waals surface area contributed by atoms with Gasteiger partial charge in [0.05, 0.1) is 0 Å². The summed E-state index contributed by atoms with van der Waals surface area (Å²) in [4.78, 5) is 26.1. The van der Waals surface area contributed by atoms with Gasteiger partial charge in [0.1, 0.15) is 5.58 Å². The van der Waals surface area contributed by atoms with E-state index in [0.717, 1.165) is 72.4 Å². The predicted molar refractivity (Wildman–Crippen MR) is 126 cm³/mol. The van der Waals surface area contributed by atoms with Crippen LogP contribution in [0.25, 0.3) is 21.7 Å². The number of carbonyl (C=O) groups is 1. The van der Waals surface area contributed by atoms with Gasteiger partial charge in [0.2, 0.25) is 5.95 Å². The molecule has 4 aromatic rings. The molecule has 32 heavy (non-hydrogen) atoms. The standard InChI is InChI=1S/C25H27N5O2/c1-18-20-9-8-19-6-2-3-7-21(19)23(20)32-22(18)24(31)26-12-5-13-29-14-16-30(17-15-29)25-27-10-4-11-28-25/h2-4,6-11H,5,12-17H2,1H3,(H,26,31). The highest BCUT2D eigenvalue weighted by atomic mass is 16.3. The lowest BCUT2D eigenvalue weighted by atomic mass is 10.1. The van der Waals surface area contributed by atoms with Crippen molar-refractivity contribution in [1.82, 2.24) is 20.2 Å². The Kier molecular flexibility index (Phi) is 5.73. The van der Waals surface area contributed by atoms with E-state index < -0.39 is 0 Å². The first kappa shape index (κ1) is 20.5. The van der Waals surface area contributed by atoms with E-state index in [4.69, 9.17) is 4.42 Å². The first-order chi connectivity index (χ1) is 15.7. The highest BCUT2D eigenvalue weighted by Gasteiger charge is 2.20. The molecule has 5 rings (SSSR count). The molecule has 1 saturated heterocycles. The van der Waals surface area contributed by atoms with E-state index in [0.29, 0.717) is 12.3 Å². The zero-order valence-electron chi connectivity index (χ0n) is 18.3. The Hall–Kier alpha value is -3.45. The summed E-state index contributed by atoms with van der Waals surface area (Å²) in [6, 6.07) is 14.0. The van der Waals surface area contributed by atoms with Crippen molar-refractivity contribution < 1.29 is 9.21 Å². The van der Waals surface area contributed by atoms with Gasteiger partial charge in [-0.3, -0.25) is 9.69 Å². The van der Waals surface area contributed by atoms with Crippen molar-refractivity contribution in [2.24, 2.45) is 0 Å². The lowest BCUT2D eigenvalue weighted by Crippen LogP contribution is -2.47. The topological polar surface area (TPSA) is 74.5 Å². The van der Waals surface area contributed by atoms with E-state index in [1.54, 1.807) is 12.4 Å². The van der Waals surface area contributed by atoms with Gasteiger partial charge in [0, 0.05) is 61.5 Å². The fraction of sp³-hybridized carbons (Fsp3) is 0.320. The molecule has 2 aromatic carbocycles. The summed E-state index contributed by atoms with van der Waals surface area (Å²) in [5.41, 5.74) is 1.67. The number of anilines is 1. The van der Waals surface area contributed by atoms with Crippen LogP contribution >= 0.6 is 0 Å². The molecular formula is C25H27N5O2. The number of furan rings is 1. The molecule has 1 amide bonds. The lowest BCUT2D eigenvalue weighted by Gasteiger charge is -2.34. The minimum Gasteiger partial charge on any atom is -0.450 e. The van der Waals surface area contributed by atoms with E-state index in [-0.39, 0.29) is 5.91 Å². The maximum Gasteiger partial charge on any atom is 0.287 e. The summed E-state index contributed by atoms with van der Waals surface area (Å²) in [7, 11) is 0.